The highest BCUT2D eigenvalue weighted by Crippen LogP contribution is 2.32. The molecule has 1 fully saturated rings. The van der Waals surface area contributed by atoms with E-state index < -0.39 is 0 Å². The lowest BCUT2D eigenvalue weighted by Crippen LogP contribution is -2.51. The van der Waals surface area contributed by atoms with Gasteiger partial charge in [-0.25, -0.2) is 0 Å². The highest BCUT2D eigenvalue weighted by Gasteiger charge is 2.33. The fourth-order valence-electron chi connectivity index (χ4n) is 2.96. The molecule has 2 N–H and O–H groups in total. The first-order chi connectivity index (χ1) is 8.63. The standard InChI is InChI=1S/C15H22ClNO/c1-12-4-3-7-15(9-12,11-18)17-10-13-5-2-6-14(16)8-13/h2,5-6,8,12,17-18H,3-4,7,9-11H2,1H3. The second-order valence-corrected chi connectivity index (χ2v) is 6.06. The van der Waals surface area contributed by atoms with Crippen molar-refractivity contribution in [3.63, 3.8) is 0 Å². The van der Waals surface area contributed by atoms with E-state index in [1.165, 1.54) is 18.4 Å². The topological polar surface area (TPSA) is 32.3 Å². The molecule has 1 aliphatic rings. The summed E-state index contributed by atoms with van der Waals surface area (Å²) in [5, 5.41) is 14.0. The summed E-state index contributed by atoms with van der Waals surface area (Å²) in [6.45, 7) is 3.26. The molecule has 1 aromatic rings. The number of benzene rings is 1. The van der Waals surface area contributed by atoms with Gasteiger partial charge in [-0.3, -0.25) is 0 Å². The first-order valence-corrected chi connectivity index (χ1v) is 7.12. The SMILES string of the molecule is CC1CCCC(CO)(NCc2cccc(Cl)c2)C1. The Morgan fingerprint density at radius 2 is 2.33 bits per heavy atom. The molecule has 1 saturated carbocycles. The molecule has 0 heterocycles. The van der Waals surface area contributed by atoms with Gasteiger partial charge in [0.15, 0.2) is 0 Å². The maximum absolute atomic E-state index is 9.70. The molecule has 0 spiro atoms. The minimum absolute atomic E-state index is 0.0972. The van der Waals surface area contributed by atoms with Gasteiger partial charge >= 0.3 is 0 Å². The molecule has 2 nitrogen and oxygen atoms in total. The van der Waals surface area contributed by atoms with Gasteiger partial charge < -0.3 is 10.4 Å². The Morgan fingerprint density at radius 3 is 3.00 bits per heavy atom. The molecule has 2 atom stereocenters. The van der Waals surface area contributed by atoms with E-state index in [0.29, 0.717) is 5.92 Å². The van der Waals surface area contributed by atoms with Crippen LogP contribution < -0.4 is 5.32 Å². The molecule has 18 heavy (non-hydrogen) atoms. The van der Waals surface area contributed by atoms with Crippen molar-refractivity contribution >= 4 is 11.6 Å². The minimum atomic E-state index is -0.0972. The summed E-state index contributed by atoms with van der Waals surface area (Å²) in [5.41, 5.74) is 1.08. The third-order valence-electron chi connectivity index (χ3n) is 3.95. The van der Waals surface area contributed by atoms with E-state index in [0.717, 1.165) is 24.4 Å². The average molecular weight is 268 g/mol. The van der Waals surface area contributed by atoms with Crippen LogP contribution in [-0.2, 0) is 6.54 Å². The molecule has 0 saturated heterocycles. The van der Waals surface area contributed by atoms with Crippen LogP contribution in [0.4, 0.5) is 0 Å². The van der Waals surface area contributed by atoms with Gasteiger partial charge in [0.25, 0.3) is 0 Å². The lowest BCUT2D eigenvalue weighted by Gasteiger charge is -2.39. The summed E-state index contributed by atoms with van der Waals surface area (Å²) in [4.78, 5) is 0. The normalized spacial score (nSPS) is 28.3. The van der Waals surface area contributed by atoms with Crippen molar-refractivity contribution in [3.8, 4) is 0 Å². The lowest BCUT2D eigenvalue weighted by molar-refractivity contribution is 0.0982. The van der Waals surface area contributed by atoms with Crippen LogP contribution in [0.5, 0.6) is 0 Å². The number of aliphatic hydroxyl groups is 1. The van der Waals surface area contributed by atoms with E-state index >= 15 is 0 Å². The van der Waals surface area contributed by atoms with Gasteiger partial charge in [-0.15, -0.1) is 0 Å². The molecular weight excluding hydrogens is 246 g/mol. The third kappa shape index (κ3) is 3.47. The Bertz CT molecular complexity index is 396. The summed E-state index contributed by atoms with van der Waals surface area (Å²) in [7, 11) is 0. The second kappa shape index (κ2) is 6.05. The highest BCUT2D eigenvalue weighted by molar-refractivity contribution is 6.30. The maximum Gasteiger partial charge on any atom is 0.0613 e. The van der Waals surface area contributed by atoms with Gasteiger partial charge in [-0.05, 0) is 36.5 Å². The number of aliphatic hydroxyl groups excluding tert-OH is 1. The lowest BCUT2D eigenvalue weighted by atomic mass is 9.77. The van der Waals surface area contributed by atoms with Gasteiger partial charge in [0.1, 0.15) is 0 Å². The largest absolute Gasteiger partial charge is 0.394 e. The smallest absolute Gasteiger partial charge is 0.0613 e. The zero-order valence-electron chi connectivity index (χ0n) is 11.0. The Hall–Kier alpha value is -0.570. The van der Waals surface area contributed by atoms with Crippen LogP contribution >= 0.6 is 11.6 Å². The molecule has 0 radical (unpaired) electrons. The van der Waals surface area contributed by atoms with Crippen molar-refractivity contribution in [1.29, 1.82) is 0 Å². The summed E-state index contributed by atoms with van der Waals surface area (Å²) >= 11 is 5.98. The Balaban J connectivity index is 1.98. The molecule has 1 aliphatic carbocycles. The van der Waals surface area contributed by atoms with Gasteiger partial charge in [0.05, 0.1) is 6.61 Å². The molecule has 3 heteroatoms. The van der Waals surface area contributed by atoms with E-state index in [2.05, 4.69) is 18.3 Å². The van der Waals surface area contributed by atoms with Crippen molar-refractivity contribution in [2.75, 3.05) is 6.61 Å². The van der Waals surface area contributed by atoms with Crippen molar-refractivity contribution in [2.45, 2.75) is 44.7 Å². The van der Waals surface area contributed by atoms with E-state index in [1.807, 2.05) is 18.2 Å². The molecule has 0 aromatic heterocycles. The Morgan fingerprint density at radius 1 is 1.50 bits per heavy atom. The number of halogens is 1. The predicted molar refractivity (Wildman–Crippen MR) is 75.7 cm³/mol. The van der Waals surface area contributed by atoms with Crippen LogP contribution in [0.25, 0.3) is 0 Å². The molecule has 0 amide bonds. The average Bonchev–Trinajstić information content (AvgIpc) is 2.37. The van der Waals surface area contributed by atoms with E-state index in [1.54, 1.807) is 0 Å². The molecular formula is C15H22ClNO. The van der Waals surface area contributed by atoms with Crippen molar-refractivity contribution < 1.29 is 5.11 Å². The second-order valence-electron chi connectivity index (χ2n) is 5.62. The summed E-state index contributed by atoms with van der Waals surface area (Å²) in [6, 6.07) is 7.89. The Labute approximate surface area is 114 Å². The maximum atomic E-state index is 9.70. The fraction of sp³-hybridized carbons (Fsp3) is 0.600. The quantitative estimate of drug-likeness (QED) is 0.877. The molecule has 0 aliphatic heterocycles. The van der Waals surface area contributed by atoms with Crippen LogP contribution in [0.2, 0.25) is 5.02 Å². The molecule has 2 unspecified atom stereocenters. The van der Waals surface area contributed by atoms with Crippen LogP contribution in [0.3, 0.4) is 0 Å². The van der Waals surface area contributed by atoms with Crippen molar-refractivity contribution in [2.24, 2.45) is 5.92 Å². The Kier molecular flexibility index (Phi) is 4.66. The van der Waals surface area contributed by atoms with Crippen LogP contribution in [0.15, 0.2) is 24.3 Å². The van der Waals surface area contributed by atoms with Crippen LogP contribution in [0.1, 0.15) is 38.2 Å². The van der Waals surface area contributed by atoms with Crippen molar-refractivity contribution in [1.82, 2.24) is 5.32 Å². The monoisotopic (exact) mass is 267 g/mol. The first kappa shape index (κ1) is 13.9. The summed E-state index contributed by atoms with van der Waals surface area (Å²) < 4.78 is 0. The van der Waals surface area contributed by atoms with E-state index in [4.69, 9.17) is 11.6 Å². The van der Waals surface area contributed by atoms with Crippen LogP contribution in [-0.4, -0.2) is 17.3 Å². The van der Waals surface area contributed by atoms with Crippen molar-refractivity contribution in [3.05, 3.63) is 34.9 Å². The number of nitrogens with one attached hydrogen (secondary N) is 1. The third-order valence-corrected chi connectivity index (χ3v) is 4.19. The van der Waals surface area contributed by atoms with E-state index in [9.17, 15) is 5.11 Å². The molecule has 100 valence electrons. The first-order valence-electron chi connectivity index (χ1n) is 6.74. The molecule has 1 aromatic carbocycles. The summed E-state index contributed by atoms with van der Waals surface area (Å²) in [6.07, 6.45) is 4.60. The number of hydrogen-bond donors (Lipinski definition) is 2. The zero-order chi connectivity index (χ0) is 13.0. The van der Waals surface area contributed by atoms with Crippen LogP contribution in [0, 0.1) is 5.92 Å². The van der Waals surface area contributed by atoms with Gasteiger partial charge in [-0.1, -0.05) is 43.5 Å². The van der Waals surface area contributed by atoms with Gasteiger partial charge in [0, 0.05) is 17.1 Å². The van der Waals surface area contributed by atoms with Gasteiger partial charge in [0.2, 0.25) is 0 Å². The number of rotatable bonds is 4. The summed E-state index contributed by atoms with van der Waals surface area (Å²) in [5.74, 6) is 0.692. The fourth-order valence-corrected chi connectivity index (χ4v) is 3.17. The zero-order valence-corrected chi connectivity index (χ0v) is 11.7. The van der Waals surface area contributed by atoms with E-state index in [-0.39, 0.29) is 12.1 Å². The highest BCUT2D eigenvalue weighted by atomic mass is 35.5. The van der Waals surface area contributed by atoms with Gasteiger partial charge in [-0.2, -0.15) is 0 Å². The number of hydrogen-bond acceptors (Lipinski definition) is 2. The predicted octanol–water partition coefficient (Wildman–Crippen LogP) is 3.37. The minimum Gasteiger partial charge on any atom is -0.394 e. The molecule has 0 bridgehead atoms. The molecule has 2 rings (SSSR count).